The fourth-order valence-electron chi connectivity index (χ4n) is 3.96. The van der Waals surface area contributed by atoms with Crippen molar-refractivity contribution in [3.8, 4) is 0 Å². The van der Waals surface area contributed by atoms with Gasteiger partial charge in [0, 0.05) is 25.4 Å². The SMILES string of the molecule is CCCCc1nc(Cl)c(C(=O)NC(CC(=O)NO)Cc2ccccc2)n1Cc1cccc(C(=O)O)c1. The van der Waals surface area contributed by atoms with Crippen LogP contribution in [0.5, 0.6) is 0 Å². The minimum atomic E-state index is -1.05. The molecule has 0 aliphatic rings. The molecule has 0 bridgehead atoms. The summed E-state index contributed by atoms with van der Waals surface area (Å²) >= 11 is 6.44. The van der Waals surface area contributed by atoms with Crippen molar-refractivity contribution in [2.75, 3.05) is 0 Å². The number of imidazole rings is 1. The number of benzene rings is 2. The van der Waals surface area contributed by atoms with E-state index >= 15 is 0 Å². The van der Waals surface area contributed by atoms with Crippen LogP contribution in [0.1, 0.15) is 64.0 Å². The molecule has 0 spiro atoms. The number of hydroxylamine groups is 1. The number of carbonyl (C=O) groups is 3. The first-order valence-electron chi connectivity index (χ1n) is 11.7. The molecule has 190 valence electrons. The number of hydrogen-bond donors (Lipinski definition) is 4. The van der Waals surface area contributed by atoms with Gasteiger partial charge >= 0.3 is 5.97 Å². The van der Waals surface area contributed by atoms with Crippen LogP contribution in [0.2, 0.25) is 5.15 Å². The number of nitrogens with one attached hydrogen (secondary N) is 2. The van der Waals surface area contributed by atoms with Crippen LogP contribution in [0.4, 0.5) is 0 Å². The second-order valence-corrected chi connectivity index (χ2v) is 8.82. The Kier molecular flexibility index (Phi) is 9.61. The monoisotopic (exact) mass is 512 g/mol. The summed E-state index contributed by atoms with van der Waals surface area (Å²) in [6, 6.07) is 15.2. The standard InChI is InChI=1S/C26H29ClN4O5/c1-2-3-12-21-29-24(27)23(31(21)16-18-10-7-11-19(13-18)26(34)35)25(33)28-20(15-22(32)30-36)14-17-8-5-4-6-9-17/h4-11,13,20,36H,2-3,12,14-16H2,1H3,(H,28,33)(H,30,32)(H,34,35). The topological polar surface area (TPSA) is 134 Å². The Bertz CT molecular complexity index is 1210. The van der Waals surface area contributed by atoms with E-state index in [9.17, 15) is 19.5 Å². The Hall–Kier alpha value is -3.69. The number of carbonyl (C=O) groups excluding carboxylic acids is 2. The molecule has 0 saturated carbocycles. The summed E-state index contributed by atoms with van der Waals surface area (Å²) < 4.78 is 1.69. The summed E-state index contributed by atoms with van der Waals surface area (Å²) in [5.74, 6) is -1.59. The third-order valence-electron chi connectivity index (χ3n) is 5.70. The van der Waals surface area contributed by atoms with E-state index in [2.05, 4.69) is 10.3 Å². The lowest BCUT2D eigenvalue weighted by atomic mass is 10.0. The molecule has 10 heteroatoms. The number of rotatable bonds is 12. The Labute approximate surface area is 214 Å². The van der Waals surface area contributed by atoms with Crippen molar-refractivity contribution in [3.63, 3.8) is 0 Å². The predicted octanol–water partition coefficient (Wildman–Crippen LogP) is 3.86. The molecule has 1 atom stereocenters. The number of unbranched alkanes of at least 4 members (excludes halogenated alkanes) is 1. The third kappa shape index (κ3) is 7.16. The summed E-state index contributed by atoms with van der Waals surface area (Å²) in [5.41, 5.74) is 3.46. The van der Waals surface area contributed by atoms with Crippen LogP contribution < -0.4 is 10.8 Å². The molecule has 0 saturated heterocycles. The highest BCUT2D eigenvalue weighted by Crippen LogP contribution is 2.22. The third-order valence-corrected chi connectivity index (χ3v) is 5.97. The molecule has 0 aliphatic carbocycles. The molecule has 1 heterocycles. The molecule has 0 aliphatic heterocycles. The fraction of sp³-hybridized carbons (Fsp3) is 0.308. The number of amides is 2. The summed E-state index contributed by atoms with van der Waals surface area (Å²) in [7, 11) is 0. The fourth-order valence-corrected chi connectivity index (χ4v) is 4.25. The van der Waals surface area contributed by atoms with Gasteiger partial charge in [0.25, 0.3) is 5.91 Å². The van der Waals surface area contributed by atoms with Gasteiger partial charge in [-0.05, 0) is 36.1 Å². The van der Waals surface area contributed by atoms with Crippen LogP contribution in [0.25, 0.3) is 0 Å². The van der Waals surface area contributed by atoms with Crippen molar-refractivity contribution in [1.82, 2.24) is 20.3 Å². The van der Waals surface area contributed by atoms with Gasteiger partial charge in [0.05, 0.1) is 5.56 Å². The number of aromatic nitrogens is 2. The molecule has 2 amide bonds. The lowest BCUT2D eigenvalue weighted by Gasteiger charge is -2.19. The van der Waals surface area contributed by atoms with Crippen molar-refractivity contribution in [2.45, 2.75) is 51.6 Å². The summed E-state index contributed by atoms with van der Waals surface area (Å²) in [5, 5.41) is 21.3. The molecule has 3 rings (SSSR count). The van der Waals surface area contributed by atoms with Crippen LogP contribution in [-0.4, -0.2) is 43.7 Å². The number of nitrogens with zero attached hydrogens (tertiary/aromatic N) is 2. The first-order chi connectivity index (χ1) is 17.3. The highest BCUT2D eigenvalue weighted by atomic mass is 35.5. The Morgan fingerprint density at radius 3 is 2.47 bits per heavy atom. The van der Waals surface area contributed by atoms with E-state index < -0.39 is 23.8 Å². The Balaban J connectivity index is 1.93. The van der Waals surface area contributed by atoms with E-state index in [0.29, 0.717) is 24.2 Å². The molecule has 0 fully saturated rings. The quantitative estimate of drug-likeness (QED) is 0.215. The van der Waals surface area contributed by atoms with Gasteiger partial charge in [-0.2, -0.15) is 0 Å². The van der Waals surface area contributed by atoms with E-state index in [1.807, 2.05) is 37.3 Å². The number of hydrogen-bond acceptors (Lipinski definition) is 5. The van der Waals surface area contributed by atoms with E-state index in [-0.39, 0.29) is 29.4 Å². The number of aromatic carboxylic acids is 1. The summed E-state index contributed by atoms with van der Waals surface area (Å²) in [4.78, 5) is 41.2. The second-order valence-electron chi connectivity index (χ2n) is 8.46. The van der Waals surface area contributed by atoms with E-state index in [1.165, 1.54) is 6.07 Å². The van der Waals surface area contributed by atoms with Crippen LogP contribution >= 0.6 is 11.6 Å². The molecular weight excluding hydrogens is 484 g/mol. The minimum absolute atomic E-state index is 0.0260. The van der Waals surface area contributed by atoms with E-state index in [0.717, 1.165) is 18.4 Å². The van der Waals surface area contributed by atoms with Gasteiger partial charge in [-0.3, -0.25) is 14.8 Å². The van der Waals surface area contributed by atoms with Crippen LogP contribution in [0.3, 0.4) is 0 Å². The summed E-state index contributed by atoms with van der Waals surface area (Å²) in [6.07, 6.45) is 2.54. The minimum Gasteiger partial charge on any atom is -0.478 e. The number of halogens is 1. The van der Waals surface area contributed by atoms with Crippen molar-refractivity contribution in [2.24, 2.45) is 0 Å². The van der Waals surface area contributed by atoms with E-state index in [4.69, 9.17) is 16.8 Å². The molecule has 4 N–H and O–H groups in total. The summed E-state index contributed by atoms with van der Waals surface area (Å²) in [6.45, 7) is 2.24. The largest absolute Gasteiger partial charge is 0.478 e. The maximum atomic E-state index is 13.5. The lowest BCUT2D eigenvalue weighted by molar-refractivity contribution is -0.129. The molecule has 3 aromatic rings. The van der Waals surface area contributed by atoms with Crippen LogP contribution in [-0.2, 0) is 24.2 Å². The first kappa shape index (κ1) is 26.9. The smallest absolute Gasteiger partial charge is 0.335 e. The van der Waals surface area contributed by atoms with Crippen molar-refractivity contribution in [1.29, 1.82) is 0 Å². The molecule has 0 radical (unpaired) electrons. The van der Waals surface area contributed by atoms with Gasteiger partial charge < -0.3 is 15.0 Å². The normalized spacial score (nSPS) is 11.6. The zero-order valence-electron chi connectivity index (χ0n) is 19.9. The van der Waals surface area contributed by atoms with Gasteiger partial charge in [0.1, 0.15) is 11.5 Å². The maximum Gasteiger partial charge on any atom is 0.335 e. The number of aryl methyl sites for hydroxylation is 1. The van der Waals surface area contributed by atoms with E-state index in [1.54, 1.807) is 28.2 Å². The highest BCUT2D eigenvalue weighted by Gasteiger charge is 2.25. The Morgan fingerprint density at radius 1 is 1.08 bits per heavy atom. The zero-order chi connectivity index (χ0) is 26.1. The molecule has 1 aromatic heterocycles. The number of carboxylic acid groups (broad SMARTS) is 1. The average molecular weight is 513 g/mol. The molecule has 1 unspecified atom stereocenters. The molecule has 36 heavy (non-hydrogen) atoms. The van der Waals surface area contributed by atoms with Gasteiger partial charge in [0.15, 0.2) is 5.15 Å². The van der Waals surface area contributed by atoms with Crippen molar-refractivity contribution in [3.05, 3.63) is 88.0 Å². The predicted molar refractivity (Wildman–Crippen MR) is 134 cm³/mol. The lowest BCUT2D eigenvalue weighted by Crippen LogP contribution is -2.41. The highest BCUT2D eigenvalue weighted by molar-refractivity contribution is 6.32. The van der Waals surface area contributed by atoms with Gasteiger partial charge in [0.2, 0.25) is 5.91 Å². The van der Waals surface area contributed by atoms with Crippen molar-refractivity contribution >= 4 is 29.4 Å². The number of carboxylic acids is 1. The molecule has 2 aromatic carbocycles. The maximum absolute atomic E-state index is 13.5. The zero-order valence-corrected chi connectivity index (χ0v) is 20.7. The van der Waals surface area contributed by atoms with Gasteiger partial charge in [-0.15, -0.1) is 0 Å². The van der Waals surface area contributed by atoms with Gasteiger partial charge in [-0.1, -0.05) is 67.4 Å². The molecule has 9 nitrogen and oxygen atoms in total. The average Bonchev–Trinajstić information content (AvgIpc) is 3.17. The molecular formula is C26H29ClN4O5. The van der Waals surface area contributed by atoms with Crippen LogP contribution in [0, 0.1) is 0 Å². The van der Waals surface area contributed by atoms with Crippen LogP contribution in [0.15, 0.2) is 54.6 Å². The first-order valence-corrected chi connectivity index (χ1v) is 12.0. The second kappa shape index (κ2) is 12.9. The Morgan fingerprint density at radius 2 is 1.81 bits per heavy atom. The van der Waals surface area contributed by atoms with Crippen molar-refractivity contribution < 1.29 is 24.7 Å². The van der Waals surface area contributed by atoms with Gasteiger partial charge in [-0.25, -0.2) is 15.3 Å².